The summed E-state index contributed by atoms with van der Waals surface area (Å²) in [5.41, 5.74) is 9.52. The van der Waals surface area contributed by atoms with Gasteiger partial charge in [-0.2, -0.15) is 0 Å². The van der Waals surface area contributed by atoms with Gasteiger partial charge in [0.25, 0.3) is 0 Å². The monoisotopic (exact) mass is 446 g/mol. The van der Waals surface area contributed by atoms with Crippen LogP contribution in [0.3, 0.4) is 0 Å². The maximum Gasteiger partial charge on any atom is 0.119 e. The topological polar surface area (TPSA) is 9.23 Å². The highest BCUT2D eigenvalue weighted by molar-refractivity contribution is 5.76. The lowest BCUT2D eigenvalue weighted by molar-refractivity contribution is 0.347. The molecule has 0 amide bonds. The predicted molar refractivity (Wildman–Crippen MR) is 144 cm³/mol. The molecular weight excluding hydrogens is 412 g/mol. The van der Waals surface area contributed by atoms with Crippen molar-refractivity contribution in [3.05, 3.63) is 114 Å². The average Bonchev–Trinajstić information content (AvgIpc) is 2.93. The third-order valence-corrected chi connectivity index (χ3v) is 7.63. The molecule has 0 unspecified atom stereocenters. The smallest absolute Gasteiger partial charge is 0.119 e. The Kier molecular flexibility index (Phi) is 6.54. The Morgan fingerprint density at radius 2 is 1.21 bits per heavy atom. The number of hydrogen-bond donors (Lipinski definition) is 0. The van der Waals surface area contributed by atoms with Gasteiger partial charge in [-0.25, -0.2) is 0 Å². The molecule has 0 aliphatic heterocycles. The highest BCUT2D eigenvalue weighted by Gasteiger charge is 2.39. The maximum atomic E-state index is 5.68. The summed E-state index contributed by atoms with van der Waals surface area (Å²) in [5.74, 6) is 0.915. The van der Waals surface area contributed by atoms with Crippen molar-refractivity contribution in [2.75, 3.05) is 7.11 Å². The fourth-order valence-corrected chi connectivity index (χ4v) is 5.85. The SMILES string of the molecule is CCc1ccc(C2(c3ccc(OC)cc3-c3ccccc3)CCCCC2)c(-c2ccccc2)c1. The molecule has 1 aliphatic rings. The Labute approximate surface area is 204 Å². The molecule has 0 radical (unpaired) electrons. The molecule has 0 saturated heterocycles. The van der Waals surface area contributed by atoms with E-state index in [9.17, 15) is 0 Å². The van der Waals surface area contributed by atoms with Gasteiger partial charge in [-0.05, 0) is 70.3 Å². The van der Waals surface area contributed by atoms with Gasteiger partial charge in [-0.3, -0.25) is 0 Å². The Hall–Kier alpha value is -3.32. The van der Waals surface area contributed by atoms with E-state index in [1.54, 1.807) is 7.11 Å². The molecule has 1 saturated carbocycles. The minimum Gasteiger partial charge on any atom is -0.497 e. The second kappa shape index (κ2) is 9.89. The van der Waals surface area contributed by atoms with Gasteiger partial charge in [-0.15, -0.1) is 0 Å². The number of aryl methyl sites for hydroxylation is 1. The van der Waals surface area contributed by atoms with Gasteiger partial charge < -0.3 is 4.74 Å². The van der Waals surface area contributed by atoms with Crippen LogP contribution in [-0.2, 0) is 11.8 Å². The number of rotatable bonds is 6. The van der Waals surface area contributed by atoms with Crippen molar-refractivity contribution in [2.45, 2.75) is 50.9 Å². The molecule has 34 heavy (non-hydrogen) atoms. The molecule has 172 valence electrons. The van der Waals surface area contributed by atoms with Crippen molar-refractivity contribution in [1.82, 2.24) is 0 Å². The van der Waals surface area contributed by atoms with E-state index in [2.05, 4.69) is 104 Å². The minimum absolute atomic E-state index is 0.0207. The summed E-state index contributed by atoms with van der Waals surface area (Å²) in [6, 6.07) is 35.7. The maximum absolute atomic E-state index is 5.68. The van der Waals surface area contributed by atoms with E-state index in [4.69, 9.17) is 4.74 Å². The van der Waals surface area contributed by atoms with Crippen LogP contribution in [0.4, 0.5) is 0 Å². The third kappa shape index (κ3) is 4.16. The molecule has 0 N–H and O–H groups in total. The van der Waals surface area contributed by atoms with Crippen molar-refractivity contribution >= 4 is 0 Å². The molecular formula is C33H34O. The molecule has 1 aliphatic carbocycles. The Morgan fingerprint density at radius 1 is 0.647 bits per heavy atom. The van der Waals surface area contributed by atoms with Crippen LogP contribution < -0.4 is 4.74 Å². The number of hydrogen-bond acceptors (Lipinski definition) is 1. The Bertz CT molecular complexity index is 1140. The molecule has 5 rings (SSSR count). The first-order valence-corrected chi connectivity index (χ1v) is 12.7. The van der Waals surface area contributed by atoms with Crippen LogP contribution in [0, 0.1) is 0 Å². The Balaban J connectivity index is 1.79. The number of methoxy groups -OCH3 is 1. The van der Waals surface area contributed by atoms with Gasteiger partial charge >= 0.3 is 0 Å². The molecule has 1 fully saturated rings. The van der Waals surface area contributed by atoms with E-state index in [0.29, 0.717) is 0 Å². The third-order valence-electron chi connectivity index (χ3n) is 7.63. The lowest BCUT2D eigenvalue weighted by Crippen LogP contribution is -2.32. The number of benzene rings is 4. The van der Waals surface area contributed by atoms with Crippen molar-refractivity contribution in [3.63, 3.8) is 0 Å². The van der Waals surface area contributed by atoms with Crippen LogP contribution in [0.15, 0.2) is 97.1 Å². The quantitative estimate of drug-likeness (QED) is 0.287. The first-order chi connectivity index (χ1) is 16.7. The van der Waals surface area contributed by atoms with Gasteiger partial charge in [0.1, 0.15) is 5.75 Å². The van der Waals surface area contributed by atoms with Gasteiger partial charge in [0.05, 0.1) is 7.11 Å². The van der Waals surface area contributed by atoms with E-state index in [0.717, 1.165) is 12.2 Å². The van der Waals surface area contributed by atoms with E-state index in [-0.39, 0.29) is 5.41 Å². The van der Waals surface area contributed by atoms with Crippen molar-refractivity contribution < 1.29 is 4.74 Å². The highest BCUT2D eigenvalue weighted by Crippen LogP contribution is 2.51. The molecule has 4 aromatic rings. The molecule has 0 spiro atoms. The fraction of sp³-hybridized carbons (Fsp3) is 0.273. The molecule has 0 heterocycles. The second-order valence-electron chi connectivity index (χ2n) is 9.52. The molecule has 0 aromatic heterocycles. The van der Waals surface area contributed by atoms with E-state index >= 15 is 0 Å². The highest BCUT2D eigenvalue weighted by atomic mass is 16.5. The summed E-state index contributed by atoms with van der Waals surface area (Å²) < 4.78 is 5.68. The second-order valence-corrected chi connectivity index (χ2v) is 9.52. The van der Waals surface area contributed by atoms with Crippen molar-refractivity contribution in [3.8, 4) is 28.0 Å². The average molecular weight is 447 g/mol. The summed E-state index contributed by atoms with van der Waals surface area (Å²) in [4.78, 5) is 0. The summed E-state index contributed by atoms with van der Waals surface area (Å²) in [6.45, 7) is 2.25. The first-order valence-electron chi connectivity index (χ1n) is 12.7. The van der Waals surface area contributed by atoms with E-state index in [1.165, 1.54) is 71.0 Å². The molecule has 1 nitrogen and oxygen atoms in total. The zero-order valence-corrected chi connectivity index (χ0v) is 20.4. The molecule has 1 heteroatoms. The zero-order chi connectivity index (χ0) is 23.4. The fourth-order valence-electron chi connectivity index (χ4n) is 5.85. The van der Waals surface area contributed by atoms with Crippen LogP contribution >= 0.6 is 0 Å². The Morgan fingerprint density at radius 3 is 1.76 bits per heavy atom. The van der Waals surface area contributed by atoms with Crippen LogP contribution in [0.2, 0.25) is 0 Å². The van der Waals surface area contributed by atoms with Crippen molar-refractivity contribution in [1.29, 1.82) is 0 Å². The number of ether oxygens (including phenoxy) is 1. The standard InChI is InChI=1S/C33H34O/c1-3-25-17-19-31(29(23-25)26-13-7-4-8-14-26)33(21-11-6-12-22-33)32-20-18-28(34-2)24-30(32)27-15-9-5-10-16-27/h4-5,7-10,13-20,23-24H,3,6,11-12,21-22H2,1-2H3. The van der Waals surface area contributed by atoms with Crippen LogP contribution in [0.25, 0.3) is 22.3 Å². The van der Waals surface area contributed by atoms with Crippen LogP contribution in [0.5, 0.6) is 5.75 Å². The normalized spacial score (nSPS) is 15.1. The zero-order valence-electron chi connectivity index (χ0n) is 20.4. The van der Waals surface area contributed by atoms with Gasteiger partial charge in [0, 0.05) is 5.41 Å². The van der Waals surface area contributed by atoms with E-state index < -0.39 is 0 Å². The summed E-state index contributed by atoms with van der Waals surface area (Å²) in [6.07, 6.45) is 7.21. The van der Waals surface area contributed by atoms with Crippen LogP contribution in [0.1, 0.15) is 55.7 Å². The molecule has 0 bridgehead atoms. The van der Waals surface area contributed by atoms with E-state index in [1.807, 2.05) is 0 Å². The molecule has 4 aromatic carbocycles. The molecule has 0 atom stereocenters. The minimum atomic E-state index is -0.0207. The summed E-state index contributed by atoms with van der Waals surface area (Å²) in [7, 11) is 1.76. The van der Waals surface area contributed by atoms with Gasteiger partial charge in [-0.1, -0.05) is 111 Å². The van der Waals surface area contributed by atoms with Crippen LogP contribution in [-0.4, -0.2) is 7.11 Å². The predicted octanol–water partition coefficient (Wildman–Crippen LogP) is 8.84. The van der Waals surface area contributed by atoms with Gasteiger partial charge in [0.15, 0.2) is 0 Å². The lowest BCUT2D eigenvalue weighted by Gasteiger charge is -2.41. The first kappa shape index (κ1) is 22.5. The summed E-state index contributed by atoms with van der Waals surface area (Å²) >= 11 is 0. The summed E-state index contributed by atoms with van der Waals surface area (Å²) in [5, 5.41) is 0. The lowest BCUT2D eigenvalue weighted by atomic mass is 9.62. The van der Waals surface area contributed by atoms with Gasteiger partial charge in [0.2, 0.25) is 0 Å². The van der Waals surface area contributed by atoms with Crippen molar-refractivity contribution in [2.24, 2.45) is 0 Å². The largest absolute Gasteiger partial charge is 0.497 e.